The van der Waals surface area contributed by atoms with Gasteiger partial charge in [-0.1, -0.05) is 19.1 Å². The first-order chi connectivity index (χ1) is 9.72. The fraction of sp³-hybridized carbons (Fsp3) is 0.467. The molecule has 0 saturated carbocycles. The molecule has 1 aliphatic rings. The van der Waals surface area contributed by atoms with Crippen LogP contribution in [-0.2, 0) is 9.53 Å². The molecule has 1 aromatic carbocycles. The summed E-state index contributed by atoms with van der Waals surface area (Å²) < 4.78 is 5.58. The Labute approximate surface area is 119 Å². The third-order valence-corrected chi connectivity index (χ3v) is 3.37. The largest absolute Gasteiger partial charge is 0.376 e. The van der Waals surface area contributed by atoms with Crippen molar-refractivity contribution in [1.29, 1.82) is 5.26 Å². The third kappa shape index (κ3) is 3.80. The van der Waals surface area contributed by atoms with E-state index in [1.54, 1.807) is 24.3 Å². The molecule has 0 bridgehead atoms. The molecular formula is C15H19N3O2. The molecule has 1 aromatic rings. The molecule has 1 atom stereocenters. The Balaban J connectivity index is 1.91. The first-order valence-corrected chi connectivity index (χ1v) is 6.86. The number of carbonyl (C=O) groups is 1. The summed E-state index contributed by atoms with van der Waals surface area (Å²) in [5, 5.41) is 11.8. The van der Waals surface area contributed by atoms with Crippen molar-refractivity contribution in [2.45, 2.75) is 19.4 Å². The number of carbonyl (C=O) groups excluding carboxylic acids is 1. The number of para-hydroxylation sites is 1. The Morgan fingerprint density at radius 2 is 2.35 bits per heavy atom. The van der Waals surface area contributed by atoms with E-state index in [1.807, 2.05) is 0 Å². The molecule has 20 heavy (non-hydrogen) atoms. The number of hydrogen-bond donors (Lipinski definition) is 1. The number of nitriles is 1. The first kappa shape index (κ1) is 14.5. The number of morpholine rings is 1. The SMILES string of the molecule is CCC1CN(CC(=O)Nc2ccccc2C#N)CCO1. The summed E-state index contributed by atoms with van der Waals surface area (Å²) in [4.78, 5) is 14.1. The van der Waals surface area contributed by atoms with Gasteiger partial charge in [0.2, 0.25) is 5.91 Å². The van der Waals surface area contributed by atoms with Crippen molar-refractivity contribution in [2.75, 3.05) is 31.6 Å². The van der Waals surface area contributed by atoms with Crippen LogP contribution in [0, 0.1) is 11.3 Å². The van der Waals surface area contributed by atoms with E-state index in [4.69, 9.17) is 10.00 Å². The first-order valence-electron chi connectivity index (χ1n) is 6.86. The minimum absolute atomic E-state index is 0.0931. The van der Waals surface area contributed by atoms with Gasteiger partial charge >= 0.3 is 0 Å². The zero-order chi connectivity index (χ0) is 14.4. The lowest BCUT2D eigenvalue weighted by Gasteiger charge is -2.31. The summed E-state index contributed by atoms with van der Waals surface area (Å²) in [7, 11) is 0. The molecule has 106 valence electrons. The Morgan fingerprint density at radius 3 is 3.10 bits per heavy atom. The van der Waals surface area contributed by atoms with Crippen molar-refractivity contribution in [2.24, 2.45) is 0 Å². The minimum atomic E-state index is -0.0931. The maximum absolute atomic E-state index is 12.0. The molecule has 0 spiro atoms. The molecule has 5 nitrogen and oxygen atoms in total. The van der Waals surface area contributed by atoms with Crippen LogP contribution < -0.4 is 5.32 Å². The number of anilines is 1. The van der Waals surface area contributed by atoms with Crippen LogP contribution in [0.25, 0.3) is 0 Å². The van der Waals surface area contributed by atoms with E-state index in [1.165, 1.54) is 0 Å². The van der Waals surface area contributed by atoms with Gasteiger partial charge in [0.25, 0.3) is 0 Å². The van der Waals surface area contributed by atoms with Crippen molar-refractivity contribution < 1.29 is 9.53 Å². The molecule has 0 radical (unpaired) electrons. The second-order valence-electron chi connectivity index (χ2n) is 4.84. The fourth-order valence-corrected chi connectivity index (χ4v) is 2.25. The maximum atomic E-state index is 12.0. The molecule has 1 aliphatic heterocycles. The molecule has 0 aliphatic carbocycles. The second-order valence-corrected chi connectivity index (χ2v) is 4.84. The van der Waals surface area contributed by atoms with Gasteiger partial charge in [0.05, 0.1) is 30.5 Å². The summed E-state index contributed by atoms with van der Waals surface area (Å²) in [5.74, 6) is -0.0931. The fourth-order valence-electron chi connectivity index (χ4n) is 2.25. The van der Waals surface area contributed by atoms with Crippen LogP contribution in [0.5, 0.6) is 0 Å². The van der Waals surface area contributed by atoms with Crippen molar-refractivity contribution >= 4 is 11.6 Å². The van der Waals surface area contributed by atoms with Gasteiger partial charge in [-0.2, -0.15) is 5.26 Å². The Bertz CT molecular complexity index is 510. The van der Waals surface area contributed by atoms with Crippen molar-refractivity contribution in [1.82, 2.24) is 4.90 Å². The lowest BCUT2D eigenvalue weighted by molar-refractivity contribution is -0.119. The van der Waals surface area contributed by atoms with E-state index < -0.39 is 0 Å². The van der Waals surface area contributed by atoms with Gasteiger partial charge in [0.1, 0.15) is 6.07 Å². The molecule has 1 unspecified atom stereocenters. The number of nitrogens with one attached hydrogen (secondary N) is 1. The highest BCUT2D eigenvalue weighted by Crippen LogP contribution is 2.14. The van der Waals surface area contributed by atoms with Gasteiger partial charge in [0.15, 0.2) is 0 Å². The van der Waals surface area contributed by atoms with E-state index >= 15 is 0 Å². The predicted octanol–water partition coefficient (Wildman–Crippen LogP) is 1.61. The molecule has 0 aromatic heterocycles. The third-order valence-electron chi connectivity index (χ3n) is 3.37. The highest BCUT2D eigenvalue weighted by molar-refractivity contribution is 5.93. The van der Waals surface area contributed by atoms with Gasteiger partial charge in [0, 0.05) is 13.1 Å². The van der Waals surface area contributed by atoms with Crippen molar-refractivity contribution in [3.8, 4) is 6.07 Å². The summed E-state index contributed by atoms with van der Waals surface area (Å²) in [6, 6.07) is 9.09. The van der Waals surface area contributed by atoms with E-state index in [9.17, 15) is 4.79 Å². The lowest BCUT2D eigenvalue weighted by atomic mass is 10.2. The monoisotopic (exact) mass is 273 g/mol. The van der Waals surface area contributed by atoms with E-state index in [2.05, 4.69) is 23.2 Å². The van der Waals surface area contributed by atoms with Crippen molar-refractivity contribution in [3.05, 3.63) is 29.8 Å². The van der Waals surface area contributed by atoms with Crippen LogP contribution in [0.3, 0.4) is 0 Å². The number of rotatable bonds is 4. The van der Waals surface area contributed by atoms with Crippen LogP contribution in [0.1, 0.15) is 18.9 Å². The number of nitrogens with zero attached hydrogens (tertiary/aromatic N) is 2. The quantitative estimate of drug-likeness (QED) is 0.905. The topological polar surface area (TPSA) is 65.4 Å². The Hall–Kier alpha value is -1.90. The molecule has 1 amide bonds. The Kier molecular flexibility index (Phi) is 5.10. The van der Waals surface area contributed by atoms with Gasteiger partial charge < -0.3 is 10.1 Å². The standard InChI is InChI=1S/C15H19N3O2/c1-2-13-10-18(7-8-20-13)11-15(19)17-14-6-4-3-5-12(14)9-16/h3-6,13H,2,7-8,10-11H2,1H3,(H,17,19). The molecule has 5 heteroatoms. The molecule has 1 saturated heterocycles. The number of ether oxygens (including phenoxy) is 1. The van der Waals surface area contributed by atoms with E-state index in [0.29, 0.717) is 24.4 Å². The van der Waals surface area contributed by atoms with E-state index in [-0.39, 0.29) is 12.0 Å². The lowest BCUT2D eigenvalue weighted by Crippen LogP contribution is -2.45. The van der Waals surface area contributed by atoms with Crippen LogP contribution in [-0.4, -0.2) is 43.2 Å². The molecule has 1 N–H and O–H groups in total. The Morgan fingerprint density at radius 1 is 1.55 bits per heavy atom. The highest BCUT2D eigenvalue weighted by atomic mass is 16.5. The van der Waals surface area contributed by atoms with Crippen molar-refractivity contribution in [3.63, 3.8) is 0 Å². The zero-order valence-electron chi connectivity index (χ0n) is 11.6. The molecular weight excluding hydrogens is 254 g/mol. The predicted molar refractivity (Wildman–Crippen MR) is 76.3 cm³/mol. The number of amides is 1. The smallest absolute Gasteiger partial charge is 0.238 e. The van der Waals surface area contributed by atoms with Gasteiger partial charge in [-0.3, -0.25) is 9.69 Å². The van der Waals surface area contributed by atoms with E-state index in [0.717, 1.165) is 19.5 Å². The van der Waals surface area contributed by atoms with Crippen LogP contribution in [0.15, 0.2) is 24.3 Å². The van der Waals surface area contributed by atoms with Crippen LogP contribution >= 0.6 is 0 Å². The number of benzene rings is 1. The summed E-state index contributed by atoms with van der Waals surface area (Å²) in [6.07, 6.45) is 1.16. The maximum Gasteiger partial charge on any atom is 0.238 e. The average molecular weight is 273 g/mol. The summed E-state index contributed by atoms with van der Waals surface area (Å²) in [6.45, 7) is 4.63. The van der Waals surface area contributed by atoms with Gasteiger partial charge in [-0.15, -0.1) is 0 Å². The van der Waals surface area contributed by atoms with Gasteiger partial charge in [-0.25, -0.2) is 0 Å². The highest BCUT2D eigenvalue weighted by Gasteiger charge is 2.20. The number of hydrogen-bond acceptors (Lipinski definition) is 4. The molecule has 2 rings (SSSR count). The van der Waals surface area contributed by atoms with Crippen LogP contribution in [0.4, 0.5) is 5.69 Å². The van der Waals surface area contributed by atoms with Crippen LogP contribution in [0.2, 0.25) is 0 Å². The summed E-state index contributed by atoms with van der Waals surface area (Å²) >= 11 is 0. The van der Waals surface area contributed by atoms with Gasteiger partial charge in [-0.05, 0) is 18.6 Å². The molecule has 1 fully saturated rings. The normalized spacial score (nSPS) is 19.3. The zero-order valence-corrected chi connectivity index (χ0v) is 11.6. The second kappa shape index (κ2) is 7.04. The average Bonchev–Trinajstić information content (AvgIpc) is 2.48. The summed E-state index contributed by atoms with van der Waals surface area (Å²) in [5.41, 5.74) is 1.05. The minimum Gasteiger partial charge on any atom is -0.376 e. The molecule has 1 heterocycles.